The number of benzene rings is 2. The van der Waals surface area contributed by atoms with Gasteiger partial charge in [-0.25, -0.2) is 0 Å². The van der Waals surface area contributed by atoms with Crippen molar-refractivity contribution in [3.63, 3.8) is 0 Å². The third-order valence-electron chi connectivity index (χ3n) is 5.36. The fourth-order valence-electron chi connectivity index (χ4n) is 3.89. The van der Waals surface area contributed by atoms with E-state index in [2.05, 4.69) is 5.32 Å². The Balaban J connectivity index is 2.04. The Hall–Kier alpha value is -3.04. The lowest BCUT2D eigenvalue weighted by Gasteiger charge is -2.28. The molecule has 2 amide bonds. The van der Waals surface area contributed by atoms with Gasteiger partial charge in [-0.2, -0.15) is 0 Å². The highest BCUT2D eigenvalue weighted by Gasteiger charge is 2.35. The summed E-state index contributed by atoms with van der Waals surface area (Å²) in [7, 11) is 7.78. The van der Waals surface area contributed by atoms with Gasteiger partial charge >= 0.3 is 0 Å². The van der Waals surface area contributed by atoms with Gasteiger partial charge in [0.2, 0.25) is 0 Å². The molecule has 3 rings (SSSR count). The number of carbonyl (C=O) groups is 2. The number of hydrogen-bond acceptors (Lipinski definition) is 7. The molecule has 1 aliphatic rings. The van der Waals surface area contributed by atoms with Crippen LogP contribution in [0, 0.1) is 10.1 Å². The Morgan fingerprint density at radius 2 is 1.65 bits per heavy atom. The van der Waals surface area contributed by atoms with Gasteiger partial charge in [0.25, 0.3) is 17.5 Å². The molecule has 0 aromatic heterocycles. The van der Waals surface area contributed by atoms with Gasteiger partial charge in [0.1, 0.15) is 5.69 Å². The smallest absolute Gasteiger partial charge is 0.293 e. The number of nitrogens with one attached hydrogen (secondary N) is 1. The van der Waals surface area contributed by atoms with E-state index in [0.717, 1.165) is 19.5 Å². The van der Waals surface area contributed by atoms with Crippen LogP contribution in [0.5, 0.6) is 0 Å². The lowest BCUT2D eigenvalue weighted by Crippen LogP contribution is -2.41. The molecule has 166 valence electrons. The molecule has 1 N–H and O–H groups in total. The summed E-state index contributed by atoms with van der Waals surface area (Å²) in [6, 6.07) is 6.43. The average Bonchev–Trinajstić information content (AvgIpc) is 2.71. The highest BCUT2D eigenvalue weighted by Crippen LogP contribution is 2.40. The van der Waals surface area contributed by atoms with Crippen LogP contribution in [-0.4, -0.2) is 85.8 Å². The number of nitrogens with zero attached hydrogens (tertiary/aromatic N) is 4. The summed E-state index contributed by atoms with van der Waals surface area (Å²) in [5.74, 6) is -0.830. The molecule has 0 aliphatic carbocycles. The number of rotatable bonds is 10. The van der Waals surface area contributed by atoms with Gasteiger partial charge in [-0.15, -0.1) is 0 Å². The topological polar surface area (TPSA) is 99.0 Å². The maximum Gasteiger partial charge on any atom is 0.293 e. The van der Waals surface area contributed by atoms with Crippen LogP contribution in [-0.2, 0) is 0 Å². The van der Waals surface area contributed by atoms with Gasteiger partial charge in [-0.3, -0.25) is 24.6 Å². The fourth-order valence-corrected chi connectivity index (χ4v) is 3.89. The van der Waals surface area contributed by atoms with E-state index in [1.807, 2.05) is 38.0 Å². The molecule has 0 atom stereocenters. The number of hydrogen-bond donors (Lipinski definition) is 1. The molecule has 0 unspecified atom stereocenters. The van der Waals surface area contributed by atoms with E-state index in [1.54, 1.807) is 18.2 Å². The van der Waals surface area contributed by atoms with Crippen LogP contribution in [0.3, 0.4) is 0 Å². The molecule has 1 heterocycles. The average molecular weight is 428 g/mol. The first-order chi connectivity index (χ1) is 14.7. The van der Waals surface area contributed by atoms with Crippen molar-refractivity contribution < 1.29 is 14.5 Å². The van der Waals surface area contributed by atoms with Gasteiger partial charge < -0.3 is 15.1 Å². The summed E-state index contributed by atoms with van der Waals surface area (Å²) in [6.45, 7) is 2.37. The summed E-state index contributed by atoms with van der Waals surface area (Å²) < 4.78 is 0. The first-order valence-electron chi connectivity index (χ1n) is 10.4. The first kappa shape index (κ1) is 22.6. The minimum absolute atomic E-state index is 0.152. The van der Waals surface area contributed by atoms with E-state index in [0.29, 0.717) is 35.0 Å². The largest absolute Gasteiger partial charge is 0.379 e. The molecule has 0 saturated heterocycles. The third kappa shape index (κ3) is 4.67. The van der Waals surface area contributed by atoms with Crippen molar-refractivity contribution in [2.75, 3.05) is 59.7 Å². The molecule has 31 heavy (non-hydrogen) atoms. The Labute approximate surface area is 181 Å². The molecule has 0 saturated carbocycles. The van der Waals surface area contributed by atoms with Crippen LogP contribution in [0.15, 0.2) is 24.3 Å². The SMILES string of the molecule is CN(C)CCCNc1c([N+](=O)[O-])cc2c3c(cccc13)C(=O)N(CCCN(C)C)C2=O. The second-order valence-electron chi connectivity index (χ2n) is 8.31. The lowest BCUT2D eigenvalue weighted by atomic mass is 9.92. The van der Waals surface area contributed by atoms with Crippen molar-refractivity contribution in [3.05, 3.63) is 45.5 Å². The molecular formula is C22H29N5O4. The van der Waals surface area contributed by atoms with Gasteiger partial charge in [-0.1, -0.05) is 12.1 Å². The summed E-state index contributed by atoms with van der Waals surface area (Å²) in [5, 5.41) is 16.0. The highest BCUT2D eigenvalue weighted by molar-refractivity contribution is 6.27. The van der Waals surface area contributed by atoms with E-state index in [-0.39, 0.29) is 23.7 Å². The van der Waals surface area contributed by atoms with E-state index >= 15 is 0 Å². The zero-order valence-electron chi connectivity index (χ0n) is 18.5. The maximum absolute atomic E-state index is 13.2. The van der Waals surface area contributed by atoms with Gasteiger partial charge in [-0.05, 0) is 60.2 Å². The maximum atomic E-state index is 13.2. The van der Waals surface area contributed by atoms with Crippen molar-refractivity contribution >= 4 is 34.0 Å². The normalized spacial score (nSPS) is 13.5. The molecule has 9 heteroatoms. The number of anilines is 1. The van der Waals surface area contributed by atoms with Gasteiger partial charge in [0.15, 0.2) is 0 Å². The minimum atomic E-state index is -0.477. The number of amides is 2. The zero-order valence-corrected chi connectivity index (χ0v) is 18.5. The van der Waals surface area contributed by atoms with E-state index in [4.69, 9.17) is 0 Å². The second-order valence-corrected chi connectivity index (χ2v) is 8.31. The second kappa shape index (κ2) is 9.40. The Morgan fingerprint density at radius 1 is 1.00 bits per heavy atom. The lowest BCUT2D eigenvalue weighted by molar-refractivity contribution is -0.383. The van der Waals surface area contributed by atoms with Crippen LogP contribution in [0.1, 0.15) is 33.6 Å². The minimum Gasteiger partial charge on any atom is -0.379 e. The molecule has 0 radical (unpaired) electrons. The predicted molar refractivity (Wildman–Crippen MR) is 121 cm³/mol. The van der Waals surface area contributed by atoms with Crippen molar-refractivity contribution in [2.24, 2.45) is 0 Å². The molecule has 1 aliphatic heterocycles. The van der Waals surface area contributed by atoms with Crippen LogP contribution < -0.4 is 5.32 Å². The summed E-state index contributed by atoms with van der Waals surface area (Å²) in [5.41, 5.74) is 0.815. The van der Waals surface area contributed by atoms with Crippen LogP contribution >= 0.6 is 0 Å². The van der Waals surface area contributed by atoms with Crippen molar-refractivity contribution in [2.45, 2.75) is 12.8 Å². The summed E-state index contributed by atoms with van der Waals surface area (Å²) in [4.78, 5) is 42.8. The van der Waals surface area contributed by atoms with Gasteiger partial charge in [0.05, 0.1) is 10.5 Å². The Bertz CT molecular complexity index is 1020. The molecule has 0 bridgehead atoms. The monoisotopic (exact) mass is 427 g/mol. The van der Waals surface area contributed by atoms with Gasteiger partial charge in [0, 0.05) is 35.5 Å². The van der Waals surface area contributed by atoms with Crippen molar-refractivity contribution in [3.8, 4) is 0 Å². The molecule has 2 aromatic carbocycles. The number of carbonyl (C=O) groups excluding carboxylic acids is 2. The summed E-state index contributed by atoms with van der Waals surface area (Å²) in [6.07, 6.45) is 1.42. The standard InChI is InChI=1S/C22H29N5O4/c1-24(2)11-6-10-23-20-15-8-5-9-16-19(15)17(14-18(20)27(30)31)22(29)26(21(16)28)13-7-12-25(3)4/h5,8-9,14,23H,6-7,10-13H2,1-4H3. The molecule has 0 spiro atoms. The predicted octanol–water partition coefficient (Wildman–Crippen LogP) is 2.66. The van der Waals surface area contributed by atoms with E-state index in [9.17, 15) is 19.7 Å². The quantitative estimate of drug-likeness (QED) is 0.269. The van der Waals surface area contributed by atoms with Crippen LogP contribution in [0.2, 0.25) is 0 Å². The molecule has 0 fully saturated rings. The molecule has 9 nitrogen and oxygen atoms in total. The van der Waals surface area contributed by atoms with Crippen molar-refractivity contribution in [1.82, 2.24) is 14.7 Å². The Kier molecular flexibility index (Phi) is 6.87. The first-order valence-corrected chi connectivity index (χ1v) is 10.4. The number of nitro groups is 1. The number of nitro benzene ring substituents is 1. The van der Waals surface area contributed by atoms with E-state index in [1.165, 1.54) is 11.0 Å². The van der Waals surface area contributed by atoms with Crippen LogP contribution in [0.25, 0.3) is 10.8 Å². The number of imide groups is 1. The van der Waals surface area contributed by atoms with E-state index < -0.39 is 10.8 Å². The van der Waals surface area contributed by atoms with Crippen molar-refractivity contribution in [1.29, 1.82) is 0 Å². The zero-order chi connectivity index (χ0) is 22.7. The molecule has 2 aromatic rings. The third-order valence-corrected chi connectivity index (χ3v) is 5.36. The highest BCUT2D eigenvalue weighted by atomic mass is 16.6. The summed E-state index contributed by atoms with van der Waals surface area (Å²) >= 11 is 0. The Morgan fingerprint density at radius 3 is 2.29 bits per heavy atom. The molecular weight excluding hydrogens is 398 g/mol. The fraction of sp³-hybridized carbons (Fsp3) is 0.455. The van der Waals surface area contributed by atoms with Crippen LogP contribution in [0.4, 0.5) is 11.4 Å².